The molecule has 1 aromatic carbocycles. The quantitative estimate of drug-likeness (QED) is 0.758. The molecule has 0 atom stereocenters. The van der Waals surface area contributed by atoms with Crippen molar-refractivity contribution in [3.05, 3.63) is 26.6 Å². The second-order valence-electron chi connectivity index (χ2n) is 2.28. The molecule has 0 spiro atoms. The van der Waals surface area contributed by atoms with Crippen molar-refractivity contribution in [2.24, 2.45) is 0 Å². The van der Waals surface area contributed by atoms with Crippen LogP contribution in [0.2, 0.25) is 0 Å². The van der Waals surface area contributed by atoms with Gasteiger partial charge < -0.3 is 5.32 Å². The SMILES string of the molecule is Brc1cc(Br)c2c(c1)CN2. The summed E-state index contributed by atoms with van der Waals surface area (Å²) in [5.74, 6) is 0. The number of hydrogen-bond acceptors (Lipinski definition) is 1. The maximum Gasteiger partial charge on any atom is 0.0538 e. The van der Waals surface area contributed by atoms with E-state index < -0.39 is 0 Å². The Morgan fingerprint density at radius 1 is 1.30 bits per heavy atom. The first kappa shape index (κ1) is 6.68. The molecule has 0 unspecified atom stereocenters. The molecule has 0 fully saturated rings. The summed E-state index contributed by atoms with van der Waals surface area (Å²) in [6, 6.07) is 4.18. The van der Waals surface area contributed by atoms with E-state index in [9.17, 15) is 0 Å². The van der Waals surface area contributed by atoms with Crippen LogP contribution >= 0.6 is 31.9 Å². The second-order valence-corrected chi connectivity index (χ2v) is 4.05. The number of hydrogen-bond donors (Lipinski definition) is 1. The first-order chi connectivity index (χ1) is 4.77. The highest BCUT2D eigenvalue weighted by Crippen LogP contribution is 2.36. The highest BCUT2D eigenvalue weighted by atomic mass is 79.9. The number of fused-ring (bicyclic) bond motifs is 1. The molecule has 0 bridgehead atoms. The van der Waals surface area contributed by atoms with Gasteiger partial charge in [-0.25, -0.2) is 0 Å². The molecule has 1 aliphatic rings. The van der Waals surface area contributed by atoms with Crippen LogP contribution in [0.4, 0.5) is 5.69 Å². The lowest BCUT2D eigenvalue weighted by molar-refractivity contribution is 1.04. The minimum absolute atomic E-state index is 0.993. The Morgan fingerprint density at radius 3 is 2.60 bits per heavy atom. The fourth-order valence-electron chi connectivity index (χ4n) is 1.04. The van der Waals surface area contributed by atoms with Crippen LogP contribution in [0.5, 0.6) is 0 Å². The molecule has 2 rings (SSSR count). The molecule has 0 saturated heterocycles. The summed E-state index contributed by atoms with van der Waals surface area (Å²) in [6.07, 6.45) is 0. The van der Waals surface area contributed by atoms with E-state index in [1.807, 2.05) is 6.07 Å². The molecular formula is C7H5Br2N. The van der Waals surface area contributed by atoms with Gasteiger partial charge in [0, 0.05) is 15.5 Å². The normalized spacial score (nSPS) is 13.4. The van der Waals surface area contributed by atoms with Crippen molar-refractivity contribution in [2.45, 2.75) is 6.54 Å². The summed E-state index contributed by atoms with van der Waals surface area (Å²) in [5, 5.41) is 3.22. The second kappa shape index (κ2) is 2.24. The van der Waals surface area contributed by atoms with Crippen molar-refractivity contribution in [1.82, 2.24) is 0 Å². The van der Waals surface area contributed by atoms with E-state index in [1.54, 1.807) is 0 Å². The molecule has 1 heterocycles. The summed E-state index contributed by atoms with van der Waals surface area (Å²) < 4.78 is 2.28. The average Bonchev–Trinajstić information content (AvgIpc) is 1.77. The molecular weight excluding hydrogens is 258 g/mol. The van der Waals surface area contributed by atoms with E-state index >= 15 is 0 Å². The van der Waals surface area contributed by atoms with E-state index in [0.717, 1.165) is 15.5 Å². The van der Waals surface area contributed by atoms with Crippen LogP contribution in [0, 0.1) is 0 Å². The predicted octanol–water partition coefficient (Wildman–Crippen LogP) is 3.14. The van der Waals surface area contributed by atoms with Gasteiger partial charge in [0.2, 0.25) is 0 Å². The summed E-state index contributed by atoms with van der Waals surface area (Å²) in [4.78, 5) is 0. The largest absolute Gasteiger partial charge is 0.380 e. The molecule has 0 amide bonds. The average molecular weight is 263 g/mol. The minimum Gasteiger partial charge on any atom is -0.380 e. The van der Waals surface area contributed by atoms with Crippen molar-refractivity contribution in [3.63, 3.8) is 0 Å². The van der Waals surface area contributed by atoms with Crippen molar-refractivity contribution in [1.29, 1.82) is 0 Å². The van der Waals surface area contributed by atoms with E-state index in [2.05, 4.69) is 43.2 Å². The Bertz CT molecular complexity index is 266. The molecule has 10 heavy (non-hydrogen) atoms. The van der Waals surface area contributed by atoms with Crippen molar-refractivity contribution >= 4 is 37.5 Å². The number of rotatable bonds is 0. The van der Waals surface area contributed by atoms with Gasteiger partial charge in [-0.3, -0.25) is 0 Å². The number of benzene rings is 1. The molecule has 0 aromatic heterocycles. The molecule has 3 heteroatoms. The first-order valence-corrected chi connectivity index (χ1v) is 4.58. The van der Waals surface area contributed by atoms with Crippen LogP contribution in [0.1, 0.15) is 5.56 Å². The third-order valence-electron chi connectivity index (χ3n) is 1.59. The fourth-order valence-corrected chi connectivity index (χ4v) is 2.50. The molecule has 0 radical (unpaired) electrons. The molecule has 1 aliphatic heterocycles. The van der Waals surface area contributed by atoms with Gasteiger partial charge in [-0.1, -0.05) is 15.9 Å². The van der Waals surface area contributed by atoms with Gasteiger partial charge in [-0.2, -0.15) is 0 Å². The van der Waals surface area contributed by atoms with Crippen molar-refractivity contribution < 1.29 is 0 Å². The number of nitrogens with one attached hydrogen (secondary N) is 1. The Labute approximate surface area is 76.1 Å². The van der Waals surface area contributed by atoms with E-state index in [0.29, 0.717) is 0 Å². The van der Waals surface area contributed by atoms with Gasteiger partial charge in [-0.15, -0.1) is 0 Å². The van der Waals surface area contributed by atoms with Crippen LogP contribution in [-0.4, -0.2) is 0 Å². The number of halogens is 2. The topological polar surface area (TPSA) is 12.0 Å². The zero-order chi connectivity index (χ0) is 7.14. The molecule has 1 aromatic rings. The smallest absolute Gasteiger partial charge is 0.0538 e. The van der Waals surface area contributed by atoms with Crippen molar-refractivity contribution in [3.8, 4) is 0 Å². The van der Waals surface area contributed by atoms with Gasteiger partial charge in [0.05, 0.1) is 5.69 Å². The third-order valence-corrected chi connectivity index (χ3v) is 2.68. The van der Waals surface area contributed by atoms with E-state index in [4.69, 9.17) is 0 Å². The maximum atomic E-state index is 3.46. The standard InChI is InChI=1S/C7H5Br2N/c8-5-1-4-3-10-7(4)6(9)2-5/h1-2,10H,3H2. The number of anilines is 1. The summed E-state index contributed by atoms with van der Waals surface area (Å²) in [6.45, 7) is 0.993. The van der Waals surface area contributed by atoms with E-state index in [1.165, 1.54) is 11.3 Å². The Kier molecular flexibility index (Phi) is 1.49. The molecule has 0 aliphatic carbocycles. The van der Waals surface area contributed by atoms with Gasteiger partial charge in [0.1, 0.15) is 0 Å². The first-order valence-electron chi connectivity index (χ1n) is 2.99. The van der Waals surface area contributed by atoms with Gasteiger partial charge in [0.15, 0.2) is 0 Å². The maximum absolute atomic E-state index is 3.46. The lowest BCUT2D eigenvalue weighted by Crippen LogP contribution is -2.13. The van der Waals surface area contributed by atoms with E-state index in [-0.39, 0.29) is 0 Å². The minimum atomic E-state index is 0.993. The zero-order valence-corrected chi connectivity index (χ0v) is 8.29. The summed E-state index contributed by atoms with van der Waals surface area (Å²) in [7, 11) is 0. The Morgan fingerprint density at radius 2 is 2.10 bits per heavy atom. The molecule has 1 N–H and O–H groups in total. The van der Waals surface area contributed by atoms with Gasteiger partial charge >= 0.3 is 0 Å². The Hall–Kier alpha value is -0.0200. The fraction of sp³-hybridized carbons (Fsp3) is 0.143. The zero-order valence-electron chi connectivity index (χ0n) is 5.12. The molecule has 1 nitrogen and oxygen atoms in total. The lowest BCUT2D eigenvalue weighted by Gasteiger charge is -2.22. The predicted molar refractivity (Wildman–Crippen MR) is 49.2 cm³/mol. The molecule has 52 valence electrons. The monoisotopic (exact) mass is 261 g/mol. The van der Waals surface area contributed by atoms with Crippen LogP contribution in [-0.2, 0) is 6.54 Å². The highest BCUT2D eigenvalue weighted by molar-refractivity contribution is 9.11. The summed E-state index contributed by atoms with van der Waals surface area (Å²) in [5.41, 5.74) is 2.62. The highest BCUT2D eigenvalue weighted by Gasteiger charge is 2.15. The van der Waals surface area contributed by atoms with Gasteiger partial charge in [-0.05, 0) is 33.6 Å². The van der Waals surface area contributed by atoms with Crippen LogP contribution in [0.15, 0.2) is 21.1 Å². The van der Waals surface area contributed by atoms with Crippen LogP contribution in [0.3, 0.4) is 0 Å². The lowest BCUT2D eigenvalue weighted by atomic mass is 10.1. The third kappa shape index (κ3) is 0.883. The Balaban J connectivity index is 2.63. The van der Waals surface area contributed by atoms with Crippen LogP contribution < -0.4 is 5.32 Å². The molecule has 0 saturated carbocycles. The van der Waals surface area contributed by atoms with Crippen molar-refractivity contribution in [2.75, 3.05) is 5.32 Å². The summed E-state index contributed by atoms with van der Waals surface area (Å²) >= 11 is 6.88. The van der Waals surface area contributed by atoms with Crippen LogP contribution in [0.25, 0.3) is 0 Å². The van der Waals surface area contributed by atoms with Gasteiger partial charge in [0.25, 0.3) is 0 Å².